The first-order valence-corrected chi connectivity index (χ1v) is 9.74. The largest absolute Gasteiger partial charge is 0.342 e. The van der Waals surface area contributed by atoms with Gasteiger partial charge in [0, 0.05) is 10.9 Å². The van der Waals surface area contributed by atoms with Gasteiger partial charge in [-0.05, 0) is 54.5 Å². The van der Waals surface area contributed by atoms with Crippen LogP contribution in [0.1, 0.15) is 49.9 Å². The minimum atomic E-state index is 0.317. The van der Waals surface area contributed by atoms with Gasteiger partial charge in [0.05, 0.1) is 11.0 Å². The number of fused-ring (bicyclic) bond motifs is 1. The molecule has 3 heteroatoms. The molecular formula is C21H23BrN2. The molecule has 2 nitrogen and oxygen atoms in total. The van der Waals surface area contributed by atoms with Crippen LogP contribution in [0.4, 0.5) is 0 Å². The lowest BCUT2D eigenvalue weighted by atomic mass is 9.67. The second-order valence-electron chi connectivity index (χ2n) is 7.05. The number of para-hydroxylation sites is 2. The van der Waals surface area contributed by atoms with Crippen molar-refractivity contribution in [2.75, 3.05) is 0 Å². The van der Waals surface area contributed by atoms with Gasteiger partial charge in [0.2, 0.25) is 0 Å². The van der Waals surface area contributed by atoms with Crippen molar-refractivity contribution in [3.63, 3.8) is 0 Å². The summed E-state index contributed by atoms with van der Waals surface area (Å²) in [5.74, 6) is 1.12. The van der Waals surface area contributed by atoms with Gasteiger partial charge in [-0.1, -0.05) is 59.5 Å². The van der Waals surface area contributed by atoms with Crippen LogP contribution in [0, 0.1) is 0 Å². The summed E-state index contributed by atoms with van der Waals surface area (Å²) in [5, 5.41) is 0. The Hall–Kier alpha value is -1.61. The molecule has 124 valence electrons. The van der Waals surface area contributed by atoms with Gasteiger partial charge in [-0.15, -0.1) is 0 Å². The van der Waals surface area contributed by atoms with E-state index in [1.807, 2.05) is 0 Å². The molecule has 0 unspecified atom stereocenters. The fourth-order valence-corrected chi connectivity index (χ4v) is 4.46. The molecule has 1 aliphatic carbocycles. The van der Waals surface area contributed by atoms with E-state index in [4.69, 9.17) is 4.98 Å². The molecule has 1 saturated carbocycles. The number of H-pyrrole nitrogens is 1. The van der Waals surface area contributed by atoms with Crippen LogP contribution in [-0.2, 0) is 11.8 Å². The maximum absolute atomic E-state index is 4.77. The van der Waals surface area contributed by atoms with E-state index in [2.05, 4.69) is 69.4 Å². The summed E-state index contributed by atoms with van der Waals surface area (Å²) < 4.78 is 1.16. The summed E-state index contributed by atoms with van der Waals surface area (Å²) in [7, 11) is 0. The van der Waals surface area contributed by atoms with Crippen LogP contribution in [0.5, 0.6) is 0 Å². The summed E-state index contributed by atoms with van der Waals surface area (Å²) in [5.41, 5.74) is 4.04. The first kappa shape index (κ1) is 15.9. The Morgan fingerprint density at radius 1 is 0.958 bits per heavy atom. The summed E-state index contributed by atoms with van der Waals surface area (Å²) in [6.45, 7) is 0. The number of aromatic nitrogens is 2. The van der Waals surface area contributed by atoms with E-state index in [9.17, 15) is 0 Å². The predicted octanol–water partition coefficient (Wildman–Crippen LogP) is 6.16. The number of imidazole rings is 1. The zero-order valence-electron chi connectivity index (χ0n) is 13.9. The molecule has 0 saturated heterocycles. The van der Waals surface area contributed by atoms with Crippen LogP contribution in [0.25, 0.3) is 11.0 Å². The molecule has 1 fully saturated rings. The third kappa shape index (κ3) is 3.14. The van der Waals surface area contributed by atoms with Crippen LogP contribution < -0.4 is 0 Å². The maximum Gasteiger partial charge on any atom is 0.107 e. The van der Waals surface area contributed by atoms with E-state index in [1.165, 1.54) is 44.1 Å². The quantitative estimate of drug-likeness (QED) is 0.574. The first-order valence-electron chi connectivity index (χ1n) is 8.95. The molecule has 1 aliphatic rings. The molecule has 0 atom stereocenters. The summed E-state index contributed by atoms with van der Waals surface area (Å²) in [4.78, 5) is 8.27. The average Bonchev–Trinajstić information content (AvgIpc) is 3.04. The zero-order chi connectivity index (χ0) is 16.4. The molecule has 2 aromatic carbocycles. The molecular weight excluding hydrogens is 360 g/mol. The highest BCUT2D eigenvalue weighted by molar-refractivity contribution is 9.10. The average molecular weight is 383 g/mol. The number of benzene rings is 2. The molecule has 1 N–H and O–H groups in total. The van der Waals surface area contributed by atoms with Crippen LogP contribution in [0.2, 0.25) is 0 Å². The van der Waals surface area contributed by atoms with Crippen molar-refractivity contribution in [3.05, 3.63) is 64.4 Å². The highest BCUT2D eigenvalue weighted by Crippen LogP contribution is 2.43. The number of halogens is 1. The Morgan fingerprint density at radius 2 is 1.71 bits per heavy atom. The molecule has 0 spiro atoms. The standard InChI is InChI=1S/C21H23BrN2/c22-17-10-8-16(9-11-17)21(13-4-1-5-14-21)15-12-20-23-18-6-2-3-7-19(18)24-20/h2-3,6-11H,1,4-5,12-15H2,(H,23,24). The van der Waals surface area contributed by atoms with E-state index in [0.717, 1.165) is 27.8 Å². The normalized spacial score (nSPS) is 17.2. The minimum absolute atomic E-state index is 0.317. The van der Waals surface area contributed by atoms with Gasteiger partial charge >= 0.3 is 0 Å². The minimum Gasteiger partial charge on any atom is -0.342 e. The number of aryl methyl sites for hydroxylation is 1. The topological polar surface area (TPSA) is 28.7 Å². The van der Waals surface area contributed by atoms with Crippen molar-refractivity contribution in [1.82, 2.24) is 9.97 Å². The van der Waals surface area contributed by atoms with Gasteiger partial charge in [0.25, 0.3) is 0 Å². The molecule has 0 amide bonds. The Balaban J connectivity index is 1.58. The monoisotopic (exact) mass is 382 g/mol. The molecule has 24 heavy (non-hydrogen) atoms. The van der Waals surface area contributed by atoms with Crippen LogP contribution >= 0.6 is 15.9 Å². The molecule has 4 rings (SSSR count). The predicted molar refractivity (Wildman–Crippen MR) is 103 cm³/mol. The van der Waals surface area contributed by atoms with Crippen molar-refractivity contribution >= 4 is 27.0 Å². The Morgan fingerprint density at radius 3 is 2.46 bits per heavy atom. The van der Waals surface area contributed by atoms with E-state index in [0.29, 0.717) is 5.41 Å². The summed E-state index contributed by atoms with van der Waals surface area (Å²) >= 11 is 3.57. The van der Waals surface area contributed by atoms with Gasteiger partial charge in [-0.2, -0.15) is 0 Å². The first-order chi connectivity index (χ1) is 11.8. The highest BCUT2D eigenvalue weighted by atomic mass is 79.9. The van der Waals surface area contributed by atoms with Crippen molar-refractivity contribution in [2.45, 2.75) is 50.4 Å². The molecule has 1 aromatic heterocycles. The summed E-state index contributed by atoms with van der Waals surface area (Å²) in [6.07, 6.45) is 8.86. The molecule has 0 aliphatic heterocycles. The van der Waals surface area contributed by atoms with E-state index in [-0.39, 0.29) is 0 Å². The molecule has 0 radical (unpaired) electrons. The van der Waals surface area contributed by atoms with Crippen molar-refractivity contribution in [2.24, 2.45) is 0 Å². The fourth-order valence-electron chi connectivity index (χ4n) is 4.20. The number of hydrogen-bond donors (Lipinski definition) is 1. The van der Waals surface area contributed by atoms with Crippen LogP contribution in [0.15, 0.2) is 53.0 Å². The van der Waals surface area contributed by atoms with Crippen molar-refractivity contribution in [3.8, 4) is 0 Å². The fraction of sp³-hybridized carbons (Fsp3) is 0.381. The molecule has 3 aromatic rings. The number of hydrogen-bond acceptors (Lipinski definition) is 1. The van der Waals surface area contributed by atoms with Crippen LogP contribution in [0.3, 0.4) is 0 Å². The van der Waals surface area contributed by atoms with Gasteiger partial charge in [-0.3, -0.25) is 0 Å². The lowest BCUT2D eigenvalue weighted by Crippen LogP contribution is -2.29. The maximum atomic E-state index is 4.77. The highest BCUT2D eigenvalue weighted by Gasteiger charge is 2.33. The Labute approximate surface area is 151 Å². The van der Waals surface area contributed by atoms with E-state index < -0.39 is 0 Å². The van der Waals surface area contributed by atoms with Crippen molar-refractivity contribution < 1.29 is 0 Å². The molecule has 0 bridgehead atoms. The number of nitrogens with zero attached hydrogens (tertiary/aromatic N) is 1. The van der Waals surface area contributed by atoms with Gasteiger partial charge in [-0.25, -0.2) is 4.98 Å². The van der Waals surface area contributed by atoms with E-state index >= 15 is 0 Å². The van der Waals surface area contributed by atoms with E-state index in [1.54, 1.807) is 0 Å². The second kappa shape index (κ2) is 6.72. The Bertz CT molecular complexity index is 780. The Kier molecular flexibility index (Phi) is 4.45. The van der Waals surface area contributed by atoms with Crippen LogP contribution in [-0.4, -0.2) is 9.97 Å². The third-order valence-corrected chi connectivity index (χ3v) is 6.07. The number of rotatable bonds is 4. The molecule has 1 heterocycles. The SMILES string of the molecule is Brc1ccc(C2(CCc3nc4ccccc4[nH]3)CCCCC2)cc1. The zero-order valence-corrected chi connectivity index (χ0v) is 15.5. The number of nitrogens with one attached hydrogen (secondary N) is 1. The smallest absolute Gasteiger partial charge is 0.107 e. The second-order valence-corrected chi connectivity index (χ2v) is 7.96. The third-order valence-electron chi connectivity index (χ3n) is 5.55. The van der Waals surface area contributed by atoms with Gasteiger partial charge in [0.15, 0.2) is 0 Å². The number of aromatic amines is 1. The lowest BCUT2D eigenvalue weighted by molar-refractivity contribution is 0.272. The van der Waals surface area contributed by atoms with Gasteiger partial charge < -0.3 is 4.98 Å². The summed E-state index contributed by atoms with van der Waals surface area (Å²) in [6, 6.07) is 17.3. The van der Waals surface area contributed by atoms with Crippen molar-refractivity contribution in [1.29, 1.82) is 0 Å². The van der Waals surface area contributed by atoms with Gasteiger partial charge in [0.1, 0.15) is 5.82 Å². The lowest BCUT2D eigenvalue weighted by Gasteiger charge is -2.38.